The van der Waals surface area contributed by atoms with E-state index in [1.165, 1.54) is 23.5 Å². The number of carboxylic acids is 1. The zero-order chi connectivity index (χ0) is 20.8. The molecule has 29 heavy (non-hydrogen) atoms. The van der Waals surface area contributed by atoms with Gasteiger partial charge in [0.2, 0.25) is 0 Å². The minimum atomic E-state index is -2.97. The molecule has 3 aromatic rings. The van der Waals surface area contributed by atoms with Gasteiger partial charge < -0.3 is 19.5 Å². The number of aromatic carboxylic acids is 1. The Labute approximate surface area is 170 Å². The molecule has 1 heterocycles. The third kappa shape index (κ3) is 5.20. The molecule has 1 aromatic heterocycles. The number of alkyl halides is 2. The minimum absolute atomic E-state index is 0.0670. The molecular weight excluding hydrogens is 402 g/mol. The van der Waals surface area contributed by atoms with Gasteiger partial charge in [-0.2, -0.15) is 8.78 Å². The highest BCUT2D eigenvalue weighted by molar-refractivity contribution is 7.09. The van der Waals surface area contributed by atoms with Crippen molar-refractivity contribution in [1.29, 1.82) is 0 Å². The standard InChI is InChI=1S/C20H18F2N2O4S/c1-2-27-18-9-15(6-7-17(18)28-20(21)22)24(11-16-10-23-12-29-16)14-5-3-4-13(8-14)19(25)26/h3-10,12,20H,2,11H2,1H3,(H,25,26). The van der Waals surface area contributed by atoms with Crippen molar-refractivity contribution in [3.05, 3.63) is 64.6 Å². The highest BCUT2D eigenvalue weighted by Crippen LogP contribution is 2.37. The van der Waals surface area contributed by atoms with Gasteiger partial charge in [-0.15, -0.1) is 11.3 Å². The molecular formula is C20H18F2N2O4S. The average Bonchev–Trinajstić information content (AvgIpc) is 3.21. The zero-order valence-electron chi connectivity index (χ0n) is 15.4. The van der Waals surface area contributed by atoms with Crippen molar-refractivity contribution in [2.45, 2.75) is 20.1 Å². The third-order valence-corrected chi connectivity index (χ3v) is 4.72. The molecule has 0 atom stereocenters. The fourth-order valence-corrected chi connectivity index (χ4v) is 3.32. The van der Waals surface area contributed by atoms with Crippen molar-refractivity contribution in [3.8, 4) is 11.5 Å². The fraction of sp³-hybridized carbons (Fsp3) is 0.200. The molecule has 0 aliphatic heterocycles. The number of halogens is 2. The van der Waals surface area contributed by atoms with Gasteiger partial charge in [-0.1, -0.05) is 6.07 Å². The predicted octanol–water partition coefficient (Wildman–Crippen LogP) is 5.18. The van der Waals surface area contributed by atoms with Crippen LogP contribution < -0.4 is 14.4 Å². The third-order valence-electron chi connectivity index (χ3n) is 3.96. The molecule has 0 amide bonds. The maximum absolute atomic E-state index is 12.7. The van der Waals surface area contributed by atoms with Gasteiger partial charge in [-0.25, -0.2) is 4.79 Å². The monoisotopic (exact) mass is 420 g/mol. The lowest BCUT2D eigenvalue weighted by molar-refractivity contribution is -0.0514. The molecule has 0 saturated carbocycles. The summed E-state index contributed by atoms with van der Waals surface area (Å²) < 4.78 is 35.4. The maximum atomic E-state index is 12.7. The normalized spacial score (nSPS) is 10.8. The van der Waals surface area contributed by atoms with Crippen LogP contribution in [0.2, 0.25) is 0 Å². The van der Waals surface area contributed by atoms with Gasteiger partial charge in [0.15, 0.2) is 11.5 Å². The number of benzene rings is 2. The van der Waals surface area contributed by atoms with Crippen LogP contribution >= 0.6 is 11.3 Å². The number of thiazole rings is 1. The van der Waals surface area contributed by atoms with E-state index in [9.17, 15) is 18.7 Å². The van der Waals surface area contributed by atoms with Crippen LogP contribution in [0.4, 0.5) is 20.2 Å². The van der Waals surface area contributed by atoms with E-state index in [0.29, 0.717) is 17.9 Å². The Morgan fingerprint density at radius 2 is 2.00 bits per heavy atom. The maximum Gasteiger partial charge on any atom is 0.387 e. The van der Waals surface area contributed by atoms with Crippen molar-refractivity contribution in [2.75, 3.05) is 11.5 Å². The van der Waals surface area contributed by atoms with Crippen LogP contribution in [-0.4, -0.2) is 29.3 Å². The van der Waals surface area contributed by atoms with Crippen molar-refractivity contribution in [1.82, 2.24) is 4.98 Å². The second-order valence-electron chi connectivity index (χ2n) is 5.85. The number of carbonyl (C=O) groups is 1. The first kappa shape index (κ1) is 20.5. The van der Waals surface area contributed by atoms with Crippen molar-refractivity contribution in [2.24, 2.45) is 0 Å². The van der Waals surface area contributed by atoms with E-state index in [2.05, 4.69) is 9.72 Å². The van der Waals surface area contributed by atoms with Gasteiger partial charge in [0.05, 0.1) is 24.2 Å². The van der Waals surface area contributed by atoms with Crippen LogP contribution in [0.15, 0.2) is 54.2 Å². The molecule has 3 rings (SSSR count). The predicted molar refractivity (Wildman–Crippen MR) is 106 cm³/mol. The molecule has 6 nitrogen and oxygen atoms in total. The van der Waals surface area contributed by atoms with Crippen LogP contribution in [0.3, 0.4) is 0 Å². The lowest BCUT2D eigenvalue weighted by Crippen LogP contribution is -2.17. The lowest BCUT2D eigenvalue weighted by atomic mass is 10.1. The van der Waals surface area contributed by atoms with Gasteiger partial charge >= 0.3 is 12.6 Å². The Morgan fingerprint density at radius 3 is 2.66 bits per heavy atom. The van der Waals surface area contributed by atoms with E-state index in [4.69, 9.17) is 4.74 Å². The Bertz CT molecular complexity index is 967. The van der Waals surface area contributed by atoms with Crippen LogP contribution in [0.25, 0.3) is 0 Å². The molecule has 0 unspecified atom stereocenters. The van der Waals surface area contributed by atoms with E-state index in [-0.39, 0.29) is 23.7 Å². The molecule has 0 fully saturated rings. The zero-order valence-corrected chi connectivity index (χ0v) is 16.2. The molecule has 0 saturated heterocycles. The molecule has 0 spiro atoms. The molecule has 9 heteroatoms. The topological polar surface area (TPSA) is 71.9 Å². The van der Waals surface area contributed by atoms with Crippen LogP contribution in [-0.2, 0) is 6.54 Å². The second kappa shape index (κ2) is 9.33. The number of hydrogen-bond donors (Lipinski definition) is 1. The summed E-state index contributed by atoms with van der Waals surface area (Å²) in [5.74, 6) is -0.933. The Hall–Kier alpha value is -3.20. The summed E-state index contributed by atoms with van der Waals surface area (Å²) in [6.45, 7) is -0.550. The summed E-state index contributed by atoms with van der Waals surface area (Å²) in [6, 6.07) is 11.1. The first-order valence-corrected chi connectivity index (χ1v) is 9.55. The van der Waals surface area contributed by atoms with Crippen molar-refractivity contribution < 1.29 is 28.2 Å². The van der Waals surface area contributed by atoms with E-state index in [1.54, 1.807) is 49.0 Å². The summed E-state index contributed by atoms with van der Waals surface area (Å²) >= 11 is 1.45. The summed E-state index contributed by atoms with van der Waals surface area (Å²) in [7, 11) is 0. The van der Waals surface area contributed by atoms with Gasteiger partial charge in [0.1, 0.15) is 0 Å². The van der Waals surface area contributed by atoms with Crippen LogP contribution in [0.5, 0.6) is 11.5 Å². The van der Waals surface area contributed by atoms with Gasteiger partial charge in [-0.05, 0) is 37.3 Å². The molecule has 0 bridgehead atoms. The van der Waals surface area contributed by atoms with E-state index in [1.807, 2.05) is 4.90 Å². The molecule has 2 aromatic carbocycles. The largest absolute Gasteiger partial charge is 0.490 e. The highest BCUT2D eigenvalue weighted by atomic mass is 32.1. The smallest absolute Gasteiger partial charge is 0.387 e. The quantitative estimate of drug-likeness (QED) is 0.514. The number of rotatable bonds is 9. The Balaban J connectivity index is 2.05. The first-order chi connectivity index (χ1) is 14.0. The molecule has 0 radical (unpaired) electrons. The fourth-order valence-electron chi connectivity index (χ4n) is 2.74. The SMILES string of the molecule is CCOc1cc(N(Cc2cncs2)c2cccc(C(=O)O)c2)ccc1OC(F)F. The van der Waals surface area contributed by atoms with E-state index < -0.39 is 12.6 Å². The number of nitrogens with zero attached hydrogens (tertiary/aromatic N) is 2. The van der Waals surface area contributed by atoms with Gasteiger partial charge in [0, 0.05) is 28.5 Å². The van der Waals surface area contributed by atoms with Gasteiger partial charge in [-0.3, -0.25) is 4.98 Å². The molecule has 0 aliphatic carbocycles. The summed E-state index contributed by atoms with van der Waals surface area (Å²) in [5, 5.41) is 9.32. The average molecular weight is 420 g/mol. The molecule has 152 valence electrons. The second-order valence-corrected chi connectivity index (χ2v) is 6.82. The number of aromatic nitrogens is 1. The number of anilines is 2. The number of hydrogen-bond acceptors (Lipinski definition) is 6. The van der Waals surface area contributed by atoms with Gasteiger partial charge in [0.25, 0.3) is 0 Å². The summed E-state index contributed by atoms with van der Waals surface area (Å²) in [5.41, 5.74) is 3.10. The van der Waals surface area contributed by atoms with Crippen LogP contribution in [0, 0.1) is 0 Å². The number of carboxylic acid groups (broad SMARTS) is 1. The van der Waals surface area contributed by atoms with E-state index in [0.717, 1.165) is 4.88 Å². The summed E-state index contributed by atoms with van der Waals surface area (Å²) in [6.07, 6.45) is 1.72. The summed E-state index contributed by atoms with van der Waals surface area (Å²) in [4.78, 5) is 18.3. The minimum Gasteiger partial charge on any atom is -0.490 e. The Morgan fingerprint density at radius 1 is 1.21 bits per heavy atom. The highest BCUT2D eigenvalue weighted by Gasteiger charge is 2.17. The number of ether oxygens (including phenoxy) is 2. The molecule has 1 N–H and O–H groups in total. The van der Waals surface area contributed by atoms with E-state index >= 15 is 0 Å². The first-order valence-electron chi connectivity index (χ1n) is 8.68. The van der Waals surface area contributed by atoms with Crippen LogP contribution in [0.1, 0.15) is 22.2 Å². The van der Waals surface area contributed by atoms with Crippen molar-refractivity contribution in [3.63, 3.8) is 0 Å². The van der Waals surface area contributed by atoms with Crippen molar-refractivity contribution >= 4 is 28.7 Å². The lowest BCUT2D eigenvalue weighted by Gasteiger charge is -2.26. The Kier molecular flexibility index (Phi) is 6.61. The molecule has 0 aliphatic rings.